The van der Waals surface area contributed by atoms with Gasteiger partial charge in [0, 0.05) is 16.7 Å². The first-order valence-corrected chi connectivity index (χ1v) is 8.18. The molecule has 1 aliphatic rings. The van der Waals surface area contributed by atoms with E-state index in [2.05, 4.69) is 58.1 Å². The molecule has 1 N–H and O–H groups in total. The lowest BCUT2D eigenvalue weighted by Gasteiger charge is -2.35. The molecule has 2 aromatic rings. The Labute approximate surface area is 134 Å². The fourth-order valence-corrected chi connectivity index (χ4v) is 3.64. The number of aliphatic hydroxyl groups excluding tert-OH is 1. The van der Waals surface area contributed by atoms with E-state index in [0.29, 0.717) is 5.92 Å². The van der Waals surface area contributed by atoms with E-state index in [1.54, 1.807) is 6.92 Å². The van der Waals surface area contributed by atoms with Crippen LogP contribution in [0.1, 0.15) is 31.1 Å². The van der Waals surface area contributed by atoms with E-state index in [9.17, 15) is 5.11 Å². The van der Waals surface area contributed by atoms with E-state index in [-0.39, 0.29) is 0 Å². The molecular formula is C18H20BrNO. The SMILES string of the molecule is CC1Cc2ccccc2N(c2ccc([C@H](C)O)cc2Br)C1. The molecule has 0 spiro atoms. The van der Waals surface area contributed by atoms with E-state index in [4.69, 9.17) is 0 Å². The lowest BCUT2D eigenvalue weighted by atomic mass is 9.93. The van der Waals surface area contributed by atoms with Gasteiger partial charge < -0.3 is 10.0 Å². The number of nitrogens with zero attached hydrogens (tertiary/aromatic N) is 1. The molecule has 3 heteroatoms. The van der Waals surface area contributed by atoms with Crippen molar-refractivity contribution in [2.45, 2.75) is 26.4 Å². The summed E-state index contributed by atoms with van der Waals surface area (Å²) >= 11 is 3.67. The average Bonchev–Trinajstić information content (AvgIpc) is 2.46. The Bertz CT molecular complexity index is 653. The van der Waals surface area contributed by atoms with Crippen molar-refractivity contribution < 1.29 is 5.11 Å². The number of rotatable bonds is 2. The maximum atomic E-state index is 9.71. The second-order valence-corrected chi connectivity index (χ2v) is 6.79. The zero-order chi connectivity index (χ0) is 15.0. The lowest BCUT2D eigenvalue weighted by molar-refractivity contribution is 0.199. The highest BCUT2D eigenvalue weighted by Crippen LogP contribution is 2.39. The number of fused-ring (bicyclic) bond motifs is 1. The third-order valence-electron chi connectivity index (χ3n) is 4.09. The molecule has 1 aliphatic heterocycles. The number of anilines is 2. The molecular weight excluding hydrogens is 326 g/mol. The zero-order valence-electron chi connectivity index (χ0n) is 12.4. The number of benzene rings is 2. The molecule has 0 saturated carbocycles. The van der Waals surface area contributed by atoms with Crippen LogP contribution in [0.25, 0.3) is 0 Å². The Hall–Kier alpha value is -1.32. The average molecular weight is 346 g/mol. The van der Waals surface area contributed by atoms with Crippen molar-refractivity contribution in [3.63, 3.8) is 0 Å². The quantitative estimate of drug-likeness (QED) is 0.842. The Morgan fingerprint density at radius 2 is 1.95 bits per heavy atom. The Morgan fingerprint density at radius 1 is 1.19 bits per heavy atom. The zero-order valence-corrected chi connectivity index (χ0v) is 14.0. The van der Waals surface area contributed by atoms with Crippen molar-refractivity contribution in [2.75, 3.05) is 11.4 Å². The van der Waals surface area contributed by atoms with Crippen molar-refractivity contribution in [3.8, 4) is 0 Å². The minimum atomic E-state index is -0.442. The van der Waals surface area contributed by atoms with E-state index >= 15 is 0 Å². The summed E-state index contributed by atoms with van der Waals surface area (Å²) in [5, 5.41) is 9.71. The van der Waals surface area contributed by atoms with E-state index in [0.717, 1.165) is 23.0 Å². The van der Waals surface area contributed by atoms with Gasteiger partial charge in [-0.2, -0.15) is 0 Å². The molecule has 0 radical (unpaired) electrons. The Morgan fingerprint density at radius 3 is 2.67 bits per heavy atom. The smallest absolute Gasteiger partial charge is 0.0762 e. The van der Waals surface area contributed by atoms with Crippen LogP contribution in [-0.2, 0) is 6.42 Å². The van der Waals surface area contributed by atoms with Crippen LogP contribution >= 0.6 is 15.9 Å². The van der Waals surface area contributed by atoms with E-state index in [1.165, 1.54) is 16.9 Å². The van der Waals surface area contributed by atoms with Crippen LogP contribution in [0.4, 0.5) is 11.4 Å². The van der Waals surface area contributed by atoms with E-state index in [1.807, 2.05) is 12.1 Å². The monoisotopic (exact) mass is 345 g/mol. The van der Waals surface area contributed by atoms with Gasteiger partial charge in [-0.3, -0.25) is 0 Å². The van der Waals surface area contributed by atoms with Crippen molar-refractivity contribution in [1.82, 2.24) is 0 Å². The first-order chi connectivity index (χ1) is 10.1. The number of hydrogen-bond acceptors (Lipinski definition) is 2. The van der Waals surface area contributed by atoms with Gasteiger partial charge in [-0.15, -0.1) is 0 Å². The lowest BCUT2D eigenvalue weighted by Crippen LogP contribution is -2.30. The largest absolute Gasteiger partial charge is 0.389 e. The fourth-order valence-electron chi connectivity index (χ4n) is 3.03. The van der Waals surface area contributed by atoms with Crippen LogP contribution in [0.15, 0.2) is 46.9 Å². The van der Waals surface area contributed by atoms with Crippen molar-refractivity contribution in [2.24, 2.45) is 5.92 Å². The molecule has 0 amide bonds. The van der Waals surface area contributed by atoms with Crippen LogP contribution in [0.5, 0.6) is 0 Å². The minimum Gasteiger partial charge on any atom is -0.389 e. The normalized spacial score (nSPS) is 19.2. The molecule has 3 rings (SSSR count). The second kappa shape index (κ2) is 5.82. The molecule has 110 valence electrons. The van der Waals surface area contributed by atoms with Crippen LogP contribution in [0, 0.1) is 5.92 Å². The molecule has 2 nitrogen and oxygen atoms in total. The molecule has 1 heterocycles. The number of halogens is 1. The van der Waals surface area contributed by atoms with Crippen LogP contribution in [-0.4, -0.2) is 11.7 Å². The molecule has 0 aromatic heterocycles. The highest BCUT2D eigenvalue weighted by atomic mass is 79.9. The van der Waals surface area contributed by atoms with Gasteiger partial charge >= 0.3 is 0 Å². The summed E-state index contributed by atoms with van der Waals surface area (Å²) in [6.45, 7) is 5.10. The minimum absolute atomic E-state index is 0.442. The third kappa shape index (κ3) is 2.85. The molecule has 2 aromatic carbocycles. The highest BCUT2D eigenvalue weighted by molar-refractivity contribution is 9.10. The van der Waals surface area contributed by atoms with Gasteiger partial charge in [0.1, 0.15) is 0 Å². The number of aliphatic hydroxyl groups is 1. The van der Waals surface area contributed by atoms with Crippen molar-refractivity contribution in [1.29, 1.82) is 0 Å². The summed E-state index contributed by atoms with van der Waals surface area (Å²) in [4.78, 5) is 2.37. The summed E-state index contributed by atoms with van der Waals surface area (Å²) in [6, 6.07) is 14.7. The van der Waals surface area contributed by atoms with Gasteiger partial charge in [0.2, 0.25) is 0 Å². The van der Waals surface area contributed by atoms with Gasteiger partial charge in [-0.25, -0.2) is 0 Å². The first-order valence-electron chi connectivity index (χ1n) is 7.39. The molecule has 0 fully saturated rings. The summed E-state index contributed by atoms with van der Waals surface area (Å²) in [5.41, 5.74) is 4.80. The van der Waals surface area contributed by atoms with Gasteiger partial charge in [-0.1, -0.05) is 31.2 Å². The van der Waals surface area contributed by atoms with Crippen molar-refractivity contribution >= 4 is 27.3 Å². The molecule has 0 saturated heterocycles. The standard InChI is InChI=1S/C18H20BrNO/c1-12-9-15-5-3-4-6-17(15)20(11-12)18-8-7-14(13(2)21)10-16(18)19/h3-8,10,12-13,21H,9,11H2,1-2H3/t12?,13-/m0/s1. The molecule has 2 atom stereocenters. The van der Waals surface area contributed by atoms with Gasteiger partial charge in [0.25, 0.3) is 0 Å². The topological polar surface area (TPSA) is 23.5 Å². The Kier molecular flexibility index (Phi) is 4.05. The maximum absolute atomic E-state index is 9.71. The summed E-state index contributed by atoms with van der Waals surface area (Å²) < 4.78 is 1.03. The molecule has 21 heavy (non-hydrogen) atoms. The Balaban J connectivity index is 2.04. The molecule has 1 unspecified atom stereocenters. The van der Waals surface area contributed by atoms with Crippen LogP contribution in [0.3, 0.4) is 0 Å². The van der Waals surface area contributed by atoms with E-state index < -0.39 is 6.10 Å². The third-order valence-corrected chi connectivity index (χ3v) is 4.73. The maximum Gasteiger partial charge on any atom is 0.0762 e. The number of hydrogen-bond donors (Lipinski definition) is 1. The number of para-hydroxylation sites is 1. The molecule has 0 aliphatic carbocycles. The predicted molar refractivity (Wildman–Crippen MR) is 91.1 cm³/mol. The van der Waals surface area contributed by atoms with Crippen LogP contribution in [0.2, 0.25) is 0 Å². The van der Waals surface area contributed by atoms with Gasteiger partial charge in [0.05, 0.1) is 11.8 Å². The summed E-state index contributed by atoms with van der Waals surface area (Å²) in [7, 11) is 0. The van der Waals surface area contributed by atoms with Crippen LogP contribution < -0.4 is 4.90 Å². The predicted octanol–water partition coefficient (Wildman–Crippen LogP) is 4.83. The summed E-state index contributed by atoms with van der Waals surface area (Å²) in [5.74, 6) is 0.628. The summed E-state index contributed by atoms with van der Waals surface area (Å²) in [6.07, 6.45) is 0.693. The van der Waals surface area contributed by atoms with Gasteiger partial charge in [0.15, 0.2) is 0 Å². The fraction of sp³-hybridized carbons (Fsp3) is 0.333. The molecule has 0 bridgehead atoms. The van der Waals surface area contributed by atoms with Crippen molar-refractivity contribution in [3.05, 3.63) is 58.1 Å². The second-order valence-electron chi connectivity index (χ2n) is 5.94. The highest BCUT2D eigenvalue weighted by Gasteiger charge is 2.24. The van der Waals surface area contributed by atoms with Gasteiger partial charge in [-0.05, 0) is 64.5 Å². The first kappa shape index (κ1) is 14.6.